The van der Waals surface area contributed by atoms with Crippen molar-refractivity contribution in [1.29, 1.82) is 0 Å². The van der Waals surface area contributed by atoms with E-state index in [2.05, 4.69) is 42.3 Å². The lowest BCUT2D eigenvalue weighted by atomic mass is 9.89. The molecule has 2 aromatic rings. The summed E-state index contributed by atoms with van der Waals surface area (Å²) in [5, 5.41) is 4.86. The maximum absolute atomic E-state index is 12.3. The van der Waals surface area contributed by atoms with Crippen molar-refractivity contribution in [2.45, 2.75) is 52.1 Å². The van der Waals surface area contributed by atoms with Crippen molar-refractivity contribution < 1.29 is 9.21 Å². The van der Waals surface area contributed by atoms with E-state index in [0.717, 1.165) is 56.7 Å². The van der Waals surface area contributed by atoms with E-state index in [0.29, 0.717) is 23.8 Å². The smallest absolute Gasteiger partial charge is 0.225 e. The van der Waals surface area contributed by atoms with E-state index in [-0.39, 0.29) is 0 Å². The predicted molar refractivity (Wildman–Crippen MR) is 99.3 cm³/mol. The molecule has 0 spiro atoms. The number of hydrogen-bond acceptors (Lipinski definition) is 3. The molecule has 0 unspecified atom stereocenters. The highest BCUT2D eigenvalue weighted by atomic mass is 16.3. The zero-order valence-electron chi connectivity index (χ0n) is 15.3. The zero-order chi connectivity index (χ0) is 17.4. The molecule has 2 heterocycles. The van der Waals surface area contributed by atoms with Crippen molar-refractivity contribution in [3.8, 4) is 0 Å². The third kappa shape index (κ3) is 3.59. The summed E-state index contributed by atoms with van der Waals surface area (Å²) in [6, 6.07) is 8.90. The van der Waals surface area contributed by atoms with Crippen LogP contribution in [0.5, 0.6) is 0 Å². The molecule has 1 amide bonds. The van der Waals surface area contributed by atoms with Gasteiger partial charge in [0, 0.05) is 30.4 Å². The number of fused-ring (bicyclic) bond motifs is 1. The van der Waals surface area contributed by atoms with E-state index < -0.39 is 0 Å². The van der Waals surface area contributed by atoms with Crippen molar-refractivity contribution in [3.05, 3.63) is 35.6 Å². The summed E-state index contributed by atoms with van der Waals surface area (Å²) >= 11 is 0. The summed E-state index contributed by atoms with van der Waals surface area (Å²) in [5.74, 6) is 2.25. The van der Waals surface area contributed by atoms with E-state index in [9.17, 15) is 4.79 Å². The zero-order valence-corrected chi connectivity index (χ0v) is 15.3. The Morgan fingerprint density at radius 2 is 2.12 bits per heavy atom. The third-order valence-electron chi connectivity index (χ3n) is 5.76. The van der Waals surface area contributed by atoms with E-state index in [1.807, 2.05) is 6.07 Å². The number of benzene rings is 1. The van der Waals surface area contributed by atoms with Gasteiger partial charge in [-0.2, -0.15) is 0 Å². The Morgan fingerprint density at radius 3 is 2.88 bits per heavy atom. The van der Waals surface area contributed by atoms with Crippen LogP contribution in [-0.2, 0) is 11.3 Å². The summed E-state index contributed by atoms with van der Waals surface area (Å²) < 4.78 is 5.96. The molecule has 2 aliphatic rings. The Hall–Kier alpha value is -1.81. The first-order valence-corrected chi connectivity index (χ1v) is 9.65. The van der Waals surface area contributed by atoms with Gasteiger partial charge in [-0.05, 0) is 50.3 Å². The molecule has 25 heavy (non-hydrogen) atoms. The molecule has 2 atom stereocenters. The lowest BCUT2D eigenvalue weighted by Crippen LogP contribution is -2.51. The van der Waals surface area contributed by atoms with Crippen molar-refractivity contribution in [2.24, 2.45) is 11.8 Å². The Bertz CT molecular complexity index is 762. The lowest BCUT2D eigenvalue weighted by molar-refractivity contribution is -0.134. The quantitative estimate of drug-likeness (QED) is 0.899. The van der Waals surface area contributed by atoms with Gasteiger partial charge in [0.05, 0.1) is 6.54 Å². The Morgan fingerprint density at radius 1 is 1.28 bits per heavy atom. The van der Waals surface area contributed by atoms with Gasteiger partial charge in [0.25, 0.3) is 0 Å². The number of piperidine rings is 1. The number of aryl methyl sites for hydroxylation is 1. The molecule has 4 heteroatoms. The molecule has 4 rings (SSSR count). The molecular formula is C21H28N2O2. The minimum Gasteiger partial charge on any atom is -0.460 e. The molecule has 1 aliphatic carbocycles. The Balaban J connectivity index is 1.37. The second kappa shape index (κ2) is 6.83. The predicted octanol–water partition coefficient (Wildman–Crippen LogP) is 3.87. The van der Waals surface area contributed by atoms with Crippen LogP contribution in [0.15, 0.2) is 28.7 Å². The normalized spacial score (nSPS) is 24.0. The van der Waals surface area contributed by atoms with Gasteiger partial charge in [-0.15, -0.1) is 0 Å². The van der Waals surface area contributed by atoms with Crippen LogP contribution < -0.4 is 5.32 Å². The van der Waals surface area contributed by atoms with Crippen LogP contribution in [0.1, 0.15) is 43.9 Å². The van der Waals surface area contributed by atoms with Crippen molar-refractivity contribution in [1.82, 2.24) is 10.2 Å². The summed E-state index contributed by atoms with van der Waals surface area (Å²) in [5.41, 5.74) is 2.21. The number of carbonyl (C=O) groups excluding carboxylic acids is 1. The molecule has 1 aromatic heterocycles. The average molecular weight is 340 g/mol. The molecule has 1 aromatic carbocycles. The number of nitrogens with one attached hydrogen (secondary N) is 1. The van der Waals surface area contributed by atoms with Gasteiger partial charge in [0.2, 0.25) is 5.91 Å². The van der Waals surface area contributed by atoms with Crippen LogP contribution in [0.25, 0.3) is 11.0 Å². The molecule has 0 radical (unpaired) electrons. The molecule has 0 bridgehead atoms. The monoisotopic (exact) mass is 340 g/mol. The lowest BCUT2D eigenvalue weighted by Gasteiger charge is -2.39. The topological polar surface area (TPSA) is 45.5 Å². The minimum absolute atomic E-state index is 0.334. The highest BCUT2D eigenvalue weighted by Gasteiger charge is 2.37. The van der Waals surface area contributed by atoms with Crippen LogP contribution in [0, 0.1) is 18.8 Å². The number of rotatable bonds is 5. The fraction of sp³-hybridized carbons (Fsp3) is 0.571. The number of likely N-dealkylation sites (tertiary alicyclic amines) is 1. The Kier molecular flexibility index (Phi) is 4.55. The molecule has 134 valence electrons. The molecule has 1 aliphatic heterocycles. The SMILES string of the molecule is CC[C@@H]1CN(C(=O)C2CC2)CC[C@H]1NCc1cc2cc(C)ccc2o1. The standard InChI is InChI=1S/C21H28N2O2/c1-3-15-13-23(21(24)16-5-6-16)9-8-19(15)22-12-18-11-17-10-14(2)4-7-20(17)25-18/h4,7,10-11,15-16,19,22H,3,5-6,8-9,12-13H2,1-2H3/t15-,19-/m1/s1. The first-order chi connectivity index (χ1) is 12.1. The van der Waals surface area contributed by atoms with Crippen LogP contribution in [0.4, 0.5) is 0 Å². The highest BCUT2D eigenvalue weighted by molar-refractivity contribution is 5.81. The maximum Gasteiger partial charge on any atom is 0.225 e. The summed E-state index contributed by atoms with van der Waals surface area (Å²) in [6.45, 7) is 6.89. The molecule has 1 N–H and O–H groups in total. The number of nitrogens with zero attached hydrogens (tertiary/aromatic N) is 1. The van der Waals surface area contributed by atoms with Gasteiger partial charge in [0.15, 0.2) is 0 Å². The molecule has 2 fully saturated rings. The van der Waals surface area contributed by atoms with Gasteiger partial charge in [-0.25, -0.2) is 0 Å². The van der Waals surface area contributed by atoms with Crippen LogP contribution in [0.3, 0.4) is 0 Å². The first-order valence-electron chi connectivity index (χ1n) is 9.65. The summed E-state index contributed by atoms with van der Waals surface area (Å²) in [4.78, 5) is 14.4. The Labute approximate surface area is 149 Å². The van der Waals surface area contributed by atoms with Crippen molar-refractivity contribution >= 4 is 16.9 Å². The summed E-state index contributed by atoms with van der Waals surface area (Å²) in [7, 11) is 0. The van der Waals surface area contributed by atoms with Crippen LogP contribution >= 0.6 is 0 Å². The average Bonchev–Trinajstić information content (AvgIpc) is 3.39. The fourth-order valence-corrected chi connectivity index (χ4v) is 4.04. The maximum atomic E-state index is 12.3. The van der Waals surface area contributed by atoms with E-state index in [4.69, 9.17) is 4.42 Å². The third-order valence-corrected chi connectivity index (χ3v) is 5.76. The second-order valence-electron chi connectivity index (χ2n) is 7.76. The van der Waals surface area contributed by atoms with Crippen LogP contribution in [-0.4, -0.2) is 29.9 Å². The molecule has 1 saturated carbocycles. The molecular weight excluding hydrogens is 312 g/mol. The van der Waals surface area contributed by atoms with Crippen LogP contribution in [0.2, 0.25) is 0 Å². The largest absolute Gasteiger partial charge is 0.460 e. The molecule has 1 saturated heterocycles. The fourth-order valence-electron chi connectivity index (χ4n) is 4.04. The number of furan rings is 1. The number of carbonyl (C=O) groups is 1. The van der Waals surface area contributed by atoms with E-state index in [1.165, 1.54) is 10.9 Å². The van der Waals surface area contributed by atoms with Crippen molar-refractivity contribution in [3.63, 3.8) is 0 Å². The van der Waals surface area contributed by atoms with Gasteiger partial charge < -0.3 is 14.6 Å². The minimum atomic E-state index is 0.334. The van der Waals surface area contributed by atoms with Gasteiger partial charge in [0.1, 0.15) is 11.3 Å². The molecule has 4 nitrogen and oxygen atoms in total. The van der Waals surface area contributed by atoms with Crippen molar-refractivity contribution in [2.75, 3.05) is 13.1 Å². The number of hydrogen-bond donors (Lipinski definition) is 1. The number of amides is 1. The summed E-state index contributed by atoms with van der Waals surface area (Å²) in [6.07, 6.45) is 4.33. The van der Waals surface area contributed by atoms with Gasteiger partial charge in [-0.1, -0.05) is 25.0 Å². The van der Waals surface area contributed by atoms with E-state index in [1.54, 1.807) is 0 Å². The van der Waals surface area contributed by atoms with E-state index >= 15 is 0 Å². The van der Waals surface area contributed by atoms with Gasteiger partial charge in [-0.3, -0.25) is 4.79 Å². The first kappa shape index (κ1) is 16.6. The highest BCUT2D eigenvalue weighted by Crippen LogP contribution is 2.33. The van der Waals surface area contributed by atoms with Gasteiger partial charge >= 0.3 is 0 Å². The second-order valence-corrected chi connectivity index (χ2v) is 7.76.